The molecule has 1 N–H and O–H groups in total. The lowest BCUT2D eigenvalue weighted by molar-refractivity contribution is 0.217. The molecule has 0 unspecified atom stereocenters. The lowest BCUT2D eigenvalue weighted by Gasteiger charge is -2.21. The first-order valence-electron chi connectivity index (χ1n) is 6.43. The molecule has 0 aliphatic rings. The molecular weight excluding hydrogens is 224 g/mol. The van der Waals surface area contributed by atoms with E-state index in [2.05, 4.69) is 29.8 Å². The molecule has 0 bridgehead atoms. The molecule has 100 valence electrons. The van der Waals surface area contributed by atoms with E-state index >= 15 is 0 Å². The van der Waals surface area contributed by atoms with Gasteiger partial charge in [-0.05, 0) is 32.6 Å². The first kappa shape index (κ1) is 14.6. The Balaban J connectivity index is 2.53. The van der Waals surface area contributed by atoms with Crippen LogP contribution in [0.1, 0.15) is 13.3 Å². The number of nitrogens with zero attached hydrogens (tertiary/aromatic N) is 1. The lowest BCUT2D eigenvalue weighted by atomic mass is 10.2. The first-order valence-corrected chi connectivity index (χ1v) is 6.43. The maximum atomic E-state index is 5.79. The molecule has 0 aliphatic heterocycles. The van der Waals surface area contributed by atoms with Gasteiger partial charge in [0.25, 0.3) is 0 Å². The molecule has 0 aromatic heterocycles. The molecule has 3 heteroatoms. The van der Waals surface area contributed by atoms with Crippen LogP contribution in [0.4, 0.5) is 5.69 Å². The Morgan fingerprint density at radius 1 is 1.44 bits per heavy atom. The summed E-state index contributed by atoms with van der Waals surface area (Å²) in [7, 11) is 4.05. The van der Waals surface area contributed by atoms with Gasteiger partial charge in [-0.1, -0.05) is 19.1 Å². The number of anilines is 1. The van der Waals surface area contributed by atoms with Crippen LogP contribution in [0.15, 0.2) is 36.9 Å². The monoisotopic (exact) mass is 248 g/mol. The fourth-order valence-electron chi connectivity index (χ4n) is 1.57. The fourth-order valence-corrected chi connectivity index (χ4v) is 1.57. The highest BCUT2D eigenvalue weighted by Gasteiger charge is 2.07. The van der Waals surface area contributed by atoms with Crippen LogP contribution in [0.3, 0.4) is 0 Å². The van der Waals surface area contributed by atoms with E-state index in [1.54, 1.807) is 0 Å². The van der Waals surface area contributed by atoms with Gasteiger partial charge in [0.05, 0.1) is 6.04 Å². The maximum absolute atomic E-state index is 5.79. The standard InChI is InChI=1S/C15H24N2O/c1-5-10-16-13-8-7-9-15(11-13)18-12-14(6-2)17(3)4/h6-9,11,14,16H,2,5,10,12H2,1,3-4H3/t14-/m1/s1. The SMILES string of the molecule is C=C[C@H](COc1cccc(NCCC)c1)N(C)C. The number of ether oxygens (including phenoxy) is 1. The van der Waals surface area contributed by atoms with Gasteiger partial charge < -0.3 is 10.1 Å². The largest absolute Gasteiger partial charge is 0.492 e. The van der Waals surface area contributed by atoms with Crippen molar-refractivity contribution in [3.05, 3.63) is 36.9 Å². The minimum absolute atomic E-state index is 0.234. The van der Waals surface area contributed by atoms with Gasteiger partial charge in [-0.2, -0.15) is 0 Å². The maximum Gasteiger partial charge on any atom is 0.121 e. The predicted molar refractivity (Wildman–Crippen MR) is 78.4 cm³/mol. The molecule has 1 rings (SSSR count). The Hall–Kier alpha value is -1.48. The highest BCUT2D eigenvalue weighted by molar-refractivity contribution is 5.48. The van der Waals surface area contributed by atoms with E-state index in [0.717, 1.165) is 24.4 Å². The molecule has 1 aromatic rings. The topological polar surface area (TPSA) is 24.5 Å². The van der Waals surface area contributed by atoms with Gasteiger partial charge in [-0.15, -0.1) is 6.58 Å². The Morgan fingerprint density at radius 2 is 2.22 bits per heavy atom. The average Bonchev–Trinajstić information content (AvgIpc) is 2.37. The zero-order valence-corrected chi connectivity index (χ0v) is 11.6. The van der Waals surface area contributed by atoms with E-state index in [9.17, 15) is 0 Å². The zero-order chi connectivity index (χ0) is 13.4. The highest BCUT2D eigenvalue weighted by atomic mass is 16.5. The molecule has 18 heavy (non-hydrogen) atoms. The summed E-state index contributed by atoms with van der Waals surface area (Å²) in [5.74, 6) is 0.893. The summed E-state index contributed by atoms with van der Waals surface area (Å²) in [6.45, 7) is 7.57. The molecule has 0 fully saturated rings. The van der Waals surface area contributed by atoms with Crippen molar-refractivity contribution in [2.45, 2.75) is 19.4 Å². The van der Waals surface area contributed by atoms with Gasteiger partial charge in [0.1, 0.15) is 12.4 Å². The third-order valence-electron chi connectivity index (χ3n) is 2.77. The molecule has 0 saturated carbocycles. The van der Waals surface area contributed by atoms with Crippen molar-refractivity contribution in [3.63, 3.8) is 0 Å². The molecule has 0 aliphatic carbocycles. The van der Waals surface area contributed by atoms with Crippen LogP contribution in [0, 0.1) is 0 Å². The zero-order valence-electron chi connectivity index (χ0n) is 11.6. The van der Waals surface area contributed by atoms with E-state index in [1.807, 2.05) is 38.4 Å². The molecule has 0 heterocycles. The van der Waals surface area contributed by atoms with Crippen LogP contribution in [0.5, 0.6) is 5.75 Å². The van der Waals surface area contributed by atoms with Gasteiger partial charge in [0, 0.05) is 18.3 Å². The van der Waals surface area contributed by atoms with Crippen LogP contribution in [-0.4, -0.2) is 38.2 Å². The van der Waals surface area contributed by atoms with Crippen molar-refractivity contribution in [1.82, 2.24) is 4.90 Å². The first-order chi connectivity index (χ1) is 8.67. The third-order valence-corrected chi connectivity index (χ3v) is 2.77. The summed E-state index contributed by atoms with van der Waals surface area (Å²) in [5, 5.41) is 3.35. The second-order valence-corrected chi connectivity index (χ2v) is 4.53. The van der Waals surface area contributed by atoms with Gasteiger partial charge in [0.2, 0.25) is 0 Å². The number of hydrogen-bond acceptors (Lipinski definition) is 3. The molecule has 1 aromatic carbocycles. The second-order valence-electron chi connectivity index (χ2n) is 4.53. The predicted octanol–water partition coefficient (Wildman–Crippen LogP) is 3.00. The normalized spacial score (nSPS) is 12.2. The van der Waals surface area contributed by atoms with E-state index in [4.69, 9.17) is 4.74 Å². The van der Waals surface area contributed by atoms with Crippen molar-refractivity contribution < 1.29 is 4.74 Å². The number of hydrogen-bond donors (Lipinski definition) is 1. The molecule has 0 saturated heterocycles. The summed E-state index contributed by atoms with van der Waals surface area (Å²) >= 11 is 0. The molecule has 0 radical (unpaired) electrons. The van der Waals surface area contributed by atoms with Gasteiger partial charge >= 0.3 is 0 Å². The fraction of sp³-hybridized carbons (Fsp3) is 0.467. The Morgan fingerprint density at radius 3 is 2.83 bits per heavy atom. The summed E-state index contributed by atoms with van der Waals surface area (Å²) in [5.41, 5.74) is 1.11. The van der Waals surface area contributed by atoms with Crippen molar-refractivity contribution >= 4 is 5.69 Å². The van der Waals surface area contributed by atoms with Crippen LogP contribution < -0.4 is 10.1 Å². The number of rotatable bonds is 8. The smallest absolute Gasteiger partial charge is 0.121 e. The summed E-state index contributed by atoms with van der Waals surface area (Å²) in [6, 6.07) is 8.31. The van der Waals surface area contributed by atoms with Crippen molar-refractivity contribution in [2.75, 3.05) is 32.6 Å². The van der Waals surface area contributed by atoms with Crippen LogP contribution in [0.2, 0.25) is 0 Å². The van der Waals surface area contributed by atoms with Crippen molar-refractivity contribution in [1.29, 1.82) is 0 Å². The van der Waals surface area contributed by atoms with Crippen LogP contribution in [0.25, 0.3) is 0 Å². The highest BCUT2D eigenvalue weighted by Crippen LogP contribution is 2.17. The number of likely N-dealkylation sites (N-methyl/N-ethyl adjacent to an activating group) is 1. The third kappa shape index (κ3) is 4.80. The summed E-state index contributed by atoms with van der Waals surface area (Å²) in [4.78, 5) is 2.09. The second kappa shape index (κ2) is 7.77. The average molecular weight is 248 g/mol. The molecule has 0 amide bonds. The van der Waals surface area contributed by atoms with E-state index < -0.39 is 0 Å². The van der Waals surface area contributed by atoms with E-state index in [1.165, 1.54) is 0 Å². The van der Waals surface area contributed by atoms with Crippen LogP contribution >= 0.6 is 0 Å². The molecular formula is C15H24N2O. The quantitative estimate of drug-likeness (QED) is 0.716. The molecule has 3 nitrogen and oxygen atoms in total. The Kier molecular flexibility index (Phi) is 6.29. The Bertz CT molecular complexity index is 363. The summed E-state index contributed by atoms with van der Waals surface area (Å²) < 4.78 is 5.79. The van der Waals surface area contributed by atoms with Gasteiger partial charge in [-0.25, -0.2) is 0 Å². The minimum Gasteiger partial charge on any atom is -0.492 e. The number of nitrogens with one attached hydrogen (secondary N) is 1. The van der Waals surface area contributed by atoms with Gasteiger partial charge in [0.15, 0.2) is 0 Å². The summed E-state index contributed by atoms with van der Waals surface area (Å²) in [6.07, 6.45) is 3.02. The van der Waals surface area contributed by atoms with Crippen molar-refractivity contribution in [3.8, 4) is 5.75 Å². The van der Waals surface area contributed by atoms with Crippen molar-refractivity contribution in [2.24, 2.45) is 0 Å². The van der Waals surface area contributed by atoms with Gasteiger partial charge in [-0.3, -0.25) is 4.90 Å². The lowest BCUT2D eigenvalue weighted by Crippen LogP contribution is -2.31. The van der Waals surface area contributed by atoms with Crippen LogP contribution in [-0.2, 0) is 0 Å². The molecule has 1 atom stereocenters. The van der Waals surface area contributed by atoms with E-state index in [0.29, 0.717) is 6.61 Å². The Labute approximate surface area is 110 Å². The molecule has 0 spiro atoms. The minimum atomic E-state index is 0.234. The van der Waals surface area contributed by atoms with E-state index in [-0.39, 0.29) is 6.04 Å². The number of benzene rings is 1.